The number of aryl methyl sites for hydroxylation is 1. The van der Waals surface area contributed by atoms with Gasteiger partial charge in [-0.15, -0.1) is 0 Å². The summed E-state index contributed by atoms with van der Waals surface area (Å²) in [5.41, 5.74) is 1.32. The molecule has 0 saturated heterocycles. The second-order valence-corrected chi connectivity index (χ2v) is 6.18. The molecule has 1 aliphatic rings. The number of aromatic nitrogens is 2. The van der Waals surface area contributed by atoms with Crippen LogP contribution in [0.4, 0.5) is 0 Å². The van der Waals surface area contributed by atoms with E-state index in [2.05, 4.69) is 28.7 Å². The zero-order valence-electron chi connectivity index (χ0n) is 12.6. The number of nitrogens with one attached hydrogen (secondary N) is 1. The molecule has 3 nitrogen and oxygen atoms in total. The molecule has 0 spiro atoms. The summed E-state index contributed by atoms with van der Waals surface area (Å²) in [5, 5.41) is 3.59. The fraction of sp³-hybridized carbons (Fsp3) is 0.812. The van der Waals surface area contributed by atoms with Crippen LogP contribution in [0, 0.1) is 11.8 Å². The molecule has 2 unspecified atom stereocenters. The molecular formula is C16H29N3. The molecule has 3 heteroatoms. The normalized spacial score (nSPS) is 23.7. The maximum absolute atomic E-state index is 4.24. The van der Waals surface area contributed by atoms with Gasteiger partial charge in [-0.2, -0.15) is 0 Å². The molecule has 1 fully saturated rings. The lowest BCUT2D eigenvalue weighted by molar-refractivity contribution is 0.267. The number of imidazole rings is 1. The molecule has 1 saturated carbocycles. The molecule has 108 valence electrons. The third kappa shape index (κ3) is 4.64. The van der Waals surface area contributed by atoms with Crippen LogP contribution in [0.2, 0.25) is 0 Å². The summed E-state index contributed by atoms with van der Waals surface area (Å²) in [5.74, 6) is 1.90. The summed E-state index contributed by atoms with van der Waals surface area (Å²) < 4.78 is 2.26. The Morgan fingerprint density at radius 3 is 3.11 bits per heavy atom. The molecule has 0 amide bonds. The van der Waals surface area contributed by atoms with Gasteiger partial charge in [0.1, 0.15) is 0 Å². The van der Waals surface area contributed by atoms with Gasteiger partial charge in [-0.25, -0.2) is 4.98 Å². The molecule has 0 aromatic carbocycles. The van der Waals surface area contributed by atoms with Crippen LogP contribution < -0.4 is 5.32 Å². The second-order valence-electron chi connectivity index (χ2n) is 6.18. The van der Waals surface area contributed by atoms with Gasteiger partial charge in [0.2, 0.25) is 0 Å². The summed E-state index contributed by atoms with van der Waals surface area (Å²) in [4.78, 5) is 4.24. The van der Waals surface area contributed by atoms with Crippen LogP contribution in [-0.2, 0) is 13.1 Å². The topological polar surface area (TPSA) is 29.9 Å². The monoisotopic (exact) mass is 263 g/mol. The first kappa shape index (κ1) is 14.6. The van der Waals surface area contributed by atoms with Crippen LogP contribution in [0.5, 0.6) is 0 Å². The van der Waals surface area contributed by atoms with Crippen molar-refractivity contribution in [3.8, 4) is 0 Å². The van der Waals surface area contributed by atoms with E-state index < -0.39 is 0 Å². The largest absolute Gasteiger partial charge is 0.333 e. The van der Waals surface area contributed by atoms with Crippen molar-refractivity contribution in [2.24, 2.45) is 11.8 Å². The van der Waals surface area contributed by atoms with Gasteiger partial charge in [-0.1, -0.05) is 33.1 Å². The highest BCUT2D eigenvalue weighted by Crippen LogP contribution is 2.30. The minimum absolute atomic E-state index is 0.949. The van der Waals surface area contributed by atoms with Crippen LogP contribution in [0.1, 0.15) is 58.1 Å². The van der Waals surface area contributed by atoms with Crippen molar-refractivity contribution in [3.63, 3.8) is 0 Å². The SMILES string of the molecule is CCCn1cncc1CNCCC1CCCC(C)C1. The number of hydrogen-bond acceptors (Lipinski definition) is 2. The van der Waals surface area contributed by atoms with E-state index in [1.54, 1.807) is 0 Å². The number of nitrogens with zero attached hydrogens (tertiary/aromatic N) is 2. The Morgan fingerprint density at radius 1 is 1.42 bits per heavy atom. The quantitative estimate of drug-likeness (QED) is 0.762. The van der Waals surface area contributed by atoms with Crippen molar-refractivity contribution in [3.05, 3.63) is 18.2 Å². The van der Waals surface area contributed by atoms with E-state index in [1.165, 1.54) is 44.2 Å². The van der Waals surface area contributed by atoms with E-state index in [1.807, 2.05) is 12.5 Å². The number of hydrogen-bond donors (Lipinski definition) is 1. The maximum Gasteiger partial charge on any atom is 0.0948 e. The Labute approximate surface area is 117 Å². The molecule has 19 heavy (non-hydrogen) atoms. The van der Waals surface area contributed by atoms with E-state index in [0.29, 0.717) is 0 Å². The smallest absolute Gasteiger partial charge is 0.0948 e. The molecule has 0 radical (unpaired) electrons. The van der Waals surface area contributed by atoms with Gasteiger partial charge in [0.05, 0.1) is 12.0 Å². The van der Waals surface area contributed by atoms with Crippen LogP contribution >= 0.6 is 0 Å². The van der Waals surface area contributed by atoms with Gasteiger partial charge in [-0.05, 0) is 37.6 Å². The van der Waals surface area contributed by atoms with Crippen molar-refractivity contribution in [1.82, 2.24) is 14.9 Å². The molecule has 0 aliphatic heterocycles. The summed E-state index contributed by atoms with van der Waals surface area (Å²) in [6.07, 6.45) is 12.2. The predicted molar refractivity (Wildman–Crippen MR) is 80.0 cm³/mol. The van der Waals surface area contributed by atoms with Crippen molar-refractivity contribution >= 4 is 0 Å². The molecule has 1 N–H and O–H groups in total. The highest BCUT2D eigenvalue weighted by molar-refractivity contribution is 4.97. The molecule has 2 atom stereocenters. The van der Waals surface area contributed by atoms with E-state index >= 15 is 0 Å². The van der Waals surface area contributed by atoms with Gasteiger partial charge in [0.15, 0.2) is 0 Å². The molecule has 0 bridgehead atoms. The van der Waals surface area contributed by atoms with Crippen LogP contribution in [0.3, 0.4) is 0 Å². The number of rotatable bonds is 7. The van der Waals surface area contributed by atoms with Crippen LogP contribution in [0.15, 0.2) is 12.5 Å². The molecule has 1 heterocycles. The van der Waals surface area contributed by atoms with Gasteiger partial charge in [0, 0.05) is 19.3 Å². The first-order chi connectivity index (χ1) is 9.29. The van der Waals surface area contributed by atoms with E-state index in [0.717, 1.165) is 31.5 Å². The average Bonchev–Trinajstić information content (AvgIpc) is 2.83. The van der Waals surface area contributed by atoms with Gasteiger partial charge < -0.3 is 9.88 Å². The Hall–Kier alpha value is -0.830. The first-order valence-corrected chi connectivity index (χ1v) is 7.99. The highest BCUT2D eigenvalue weighted by Gasteiger charge is 2.18. The lowest BCUT2D eigenvalue weighted by atomic mass is 9.81. The van der Waals surface area contributed by atoms with E-state index in [-0.39, 0.29) is 0 Å². The molecule has 2 rings (SSSR count). The Morgan fingerprint density at radius 2 is 2.32 bits per heavy atom. The fourth-order valence-electron chi connectivity index (χ4n) is 3.28. The Balaban J connectivity index is 1.64. The standard InChI is InChI=1S/C16H29N3/c1-3-9-19-13-18-12-16(19)11-17-8-7-15-6-4-5-14(2)10-15/h12-15,17H,3-11H2,1-2H3. The maximum atomic E-state index is 4.24. The zero-order chi connectivity index (χ0) is 13.5. The molecule has 1 aromatic rings. The van der Waals surface area contributed by atoms with Crippen molar-refractivity contribution in [2.45, 2.75) is 65.5 Å². The third-order valence-electron chi connectivity index (χ3n) is 4.34. The van der Waals surface area contributed by atoms with Crippen molar-refractivity contribution in [2.75, 3.05) is 6.54 Å². The lowest BCUT2D eigenvalue weighted by Crippen LogP contribution is -2.22. The van der Waals surface area contributed by atoms with Crippen LogP contribution in [-0.4, -0.2) is 16.1 Å². The van der Waals surface area contributed by atoms with Crippen LogP contribution in [0.25, 0.3) is 0 Å². The predicted octanol–water partition coefficient (Wildman–Crippen LogP) is 3.60. The Kier molecular flexibility index (Phi) is 5.90. The Bertz CT molecular complexity index is 359. The average molecular weight is 263 g/mol. The van der Waals surface area contributed by atoms with E-state index in [9.17, 15) is 0 Å². The van der Waals surface area contributed by atoms with Crippen molar-refractivity contribution in [1.29, 1.82) is 0 Å². The fourth-order valence-corrected chi connectivity index (χ4v) is 3.28. The van der Waals surface area contributed by atoms with E-state index in [4.69, 9.17) is 0 Å². The molecular weight excluding hydrogens is 234 g/mol. The lowest BCUT2D eigenvalue weighted by Gasteiger charge is -2.26. The minimum Gasteiger partial charge on any atom is -0.333 e. The third-order valence-corrected chi connectivity index (χ3v) is 4.34. The highest BCUT2D eigenvalue weighted by atomic mass is 15.1. The second kappa shape index (κ2) is 7.68. The molecule has 1 aliphatic carbocycles. The summed E-state index contributed by atoms with van der Waals surface area (Å²) >= 11 is 0. The zero-order valence-corrected chi connectivity index (χ0v) is 12.6. The summed E-state index contributed by atoms with van der Waals surface area (Å²) in [6, 6.07) is 0. The van der Waals surface area contributed by atoms with Gasteiger partial charge in [0.25, 0.3) is 0 Å². The first-order valence-electron chi connectivity index (χ1n) is 7.99. The van der Waals surface area contributed by atoms with Crippen molar-refractivity contribution < 1.29 is 0 Å². The summed E-state index contributed by atoms with van der Waals surface area (Å²) in [6.45, 7) is 7.80. The minimum atomic E-state index is 0.949. The van der Waals surface area contributed by atoms with Gasteiger partial charge >= 0.3 is 0 Å². The molecule has 1 aromatic heterocycles. The summed E-state index contributed by atoms with van der Waals surface area (Å²) in [7, 11) is 0. The van der Waals surface area contributed by atoms with Gasteiger partial charge in [-0.3, -0.25) is 0 Å².